The number of likely N-dealkylation sites (N-methyl/N-ethyl adjacent to an activating group) is 1. The van der Waals surface area contributed by atoms with Crippen LogP contribution in [0.3, 0.4) is 0 Å². The van der Waals surface area contributed by atoms with Crippen molar-refractivity contribution in [2.75, 3.05) is 30.9 Å². The Bertz CT molecular complexity index is 1220. The Labute approximate surface area is 200 Å². The molecule has 0 bridgehead atoms. The Morgan fingerprint density at radius 1 is 1.20 bits per heavy atom. The smallest absolute Gasteiger partial charge is 0.417 e. The number of nitrogens with one attached hydrogen (secondary N) is 2. The van der Waals surface area contributed by atoms with Gasteiger partial charge in [0, 0.05) is 18.8 Å². The van der Waals surface area contributed by atoms with Crippen LogP contribution in [0.1, 0.15) is 21.6 Å². The van der Waals surface area contributed by atoms with Crippen LogP contribution in [0, 0.1) is 12.7 Å². The SMILES string of the molecule is CNCC(=O)OCc1cccnc1N(C)C(=O)OCn1ncc(C(=O)Nc2ccc(C)cc2F)n1. The van der Waals surface area contributed by atoms with E-state index in [-0.39, 0.29) is 30.4 Å². The lowest BCUT2D eigenvalue weighted by Crippen LogP contribution is -2.30. The number of ether oxygens (including phenoxy) is 2. The summed E-state index contributed by atoms with van der Waals surface area (Å²) < 4.78 is 24.3. The molecule has 0 aliphatic carbocycles. The number of halogens is 1. The first kappa shape index (κ1) is 25.2. The number of nitrogens with zero attached hydrogens (tertiary/aromatic N) is 5. The maximum atomic E-state index is 14.0. The van der Waals surface area contributed by atoms with Crippen LogP contribution < -0.4 is 15.5 Å². The highest BCUT2D eigenvalue weighted by Crippen LogP contribution is 2.18. The minimum atomic E-state index is -0.781. The van der Waals surface area contributed by atoms with E-state index in [4.69, 9.17) is 9.47 Å². The van der Waals surface area contributed by atoms with Crippen LogP contribution in [-0.4, -0.2) is 58.6 Å². The molecule has 0 atom stereocenters. The molecule has 0 saturated heterocycles. The van der Waals surface area contributed by atoms with E-state index >= 15 is 0 Å². The molecule has 2 aromatic heterocycles. The van der Waals surface area contributed by atoms with Gasteiger partial charge >= 0.3 is 12.1 Å². The number of anilines is 2. The van der Waals surface area contributed by atoms with Gasteiger partial charge in [0.15, 0.2) is 5.69 Å². The molecule has 2 heterocycles. The largest absolute Gasteiger partial charge is 0.460 e. The maximum Gasteiger partial charge on any atom is 0.417 e. The number of benzene rings is 1. The molecule has 35 heavy (non-hydrogen) atoms. The fourth-order valence-electron chi connectivity index (χ4n) is 2.87. The first-order valence-electron chi connectivity index (χ1n) is 10.4. The molecular weight excluding hydrogens is 461 g/mol. The molecule has 0 aliphatic rings. The summed E-state index contributed by atoms with van der Waals surface area (Å²) in [4.78, 5) is 42.7. The molecule has 13 heteroatoms. The third-order valence-corrected chi connectivity index (χ3v) is 4.61. The van der Waals surface area contributed by atoms with Crippen LogP contribution >= 0.6 is 0 Å². The lowest BCUT2D eigenvalue weighted by molar-refractivity contribution is -0.143. The number of hydrogen-bond acceptors (Lipinski definition) is 9. The number of carbonyl (C=O) groups is 3. The molecule has 0 aliphatic heterocycles. The minimum Gasteiger partial charge on any atom is -0.460 e. The van der Waals surface area contributed by atoms with Crippen LogP contribution in [0.4, 0.5) is 20.7 Å². The van der Waals surface area contributed by atoms with Crippen molar-refractivity contribution in [2.45, 2.75) is 20.3 Å². The summed E-state index contributed by atoms with van der Waals surface area (Å²) in [5, 5.41) is 12.9. The summed E-state index contributed by atoms with van der Waals surface area (Å²) in [5.41, 5.74) is 1.12. The molecule has 2 amide bonds. The topological polar surface area (TPSA) is 141 Å². The van der Waals surface area contributed by atoms with Crippen molar-refractivity contribution in [3.8, 4) is 0 Å². The van der Waals surface area contributed by atoms with Crippen molar-refractivity contribution in [2.24, 2.45) is 0 Å². The zero-order valence-electron chi connectivity index (χ0n) is 19.3. The highest BCUT2D eigenvalue weighted by Gasteiger charge is 2.19. The van der Waals surface area contributed by atoms with E-state index in [0.29, 0.717) is 11.1 Å². The van der Waals surface area contributed by atoms with E-state index < -0.39 is 30.5 Å². The van der Waals surface area contributed by atoms with E-state index in [9.17, 15) is 18.8 Å². The van der Waals surface area contributed by atoms with E-state index in [1.54, 1.807) is 32.2 Å². The number of rotatable bonds is 9. The summed E-state index contributed by atoms with van der Waals surface area (Å²) >= 11 is 0. The van der Waals surface area contributed by atoms with E-state index in [1.807, 2.05) is 0 Å². The van der Waals surface area contributed by atoms with Crippen molar-refractivity contribution in [1.82, 2.24) is 25.3 Å². The summed E-state index contributed by atoms with van der Waals surface area (Å²) in [6.45, 7) is 1.30. The van der Waals surface area contributed by atoms with Crippen molar-refractivity contribution < 1.29 is 28.2 Å². The predicted molar refractivity (Wildman–Crippen MR) is 122 cm³/mol. The third kappa shape index (κ3) is 6.80. The van der Waals surface area contributed by atoms with Crippen molar-refractivity contribution in [3.05, 3.63) is 65.4 Å². The molecule has 1 aromatic carbocycles. The van der Waals surface area contributed by atoms with Crippen molar-refractivity contribution in [1.29, 1.82) is 0 Å². The molecule has 0 saturated carbocycles. The number of aromatic nitrogens is 4. The highest BCUT2D eigenvalue weighted by molar-refractivity contribution is 6.02. The van der Waals surface area contributed by atoms with Gasteiger partial charge in [-0.1, -0.05) is 12.1 Å². The quantitative estimate of drug-likeness (QED) is 0.435. The Hall–Kier alpha value is -4.39. The van der Waals surface area contributed by atoms with Gasteiger partial charge in [-0.15, -0.1) is 9.90 Å². The Morgan fingerprint density at radius 2 is 2.00 bits per heavy atom. The number of amides is 2. The van der Waals surface area contributed by atoms with Crippen LogP contribution in [-0.2, 0) is 27.6 Å². The Kier molecular flexibility index (Phi) is 8.40. The van der Waals surface area contributed by atoms with Gasteiger partial charge in [0.05, 0.1) is 18.4 Å². The van der Waals surface area contributed by atoms with Crippen LogP contribution in [0.15, 0.2) is 42.7 Å². The molecule has 0 unspecified atom stereocenters. The summed E-state index contributed by atoms with van der Waals surface area (Å²) in [5.74, 6) is -1.47. The molecule has 3 rings (SSSR count). The Balaban J connectivity index is 1.57. The lowest BCUT2D eigenvalue weighted by atomic mass is 10.2. The second kappa shape index (κ2) is 11.7. The average Bonchev–Trinajstić information content (AvgIpc) is 3.32. The molecule has 184 valence electrons. The number of carbonyl (C=O) groups excluding carboxylic acids is 3. The van der Waals surface area contributed by atoms with Gasteiger partial charge in [0.25, 0.3) is 5.91 Å². The second-order valence-electron chi connectivity index (χ2n) is 7.32. The monoisotopic (exact) mass is 485 g/mol. The molecule has 3 aromatic rings. The number of esters is 1. The van der Waals surface area contributed by atoms with Gasteiger partial charge in [-0.25, -0.2) is 14.2 Å². The number of aryl methyl sites for hydroxylation is 1. The fourth-order valence-corrected chi connectivity index (χ4v) is 2.87. The van der Waals surface area contributed by atoms with E-state index in [2.05, 4.69) is 25.8 Å². The number of pyridine rings is 1. The Morgan fingerprint density at radius 3 is 2.74 bits per heavy atom. The fraction of sp³-hybridized carbons (Fsp3) is 0.273. The third-order valence-electron chi connectivity index (χ3n) is 4.61. The average molecular weight is 485 g/mol. The predicted octanol–water partition coefficient (Wildman–Crippen LogP) is 1.87. The molecule has 0 radical (unpaired) electrons. The summed E-state index contributed by atoms with van der Waals surface area (Å²) in [6, 6.07) is 7.70. The lowest BCUT2D eigenvalue weighted by Gasteiger charge is -2.18. The maximum absolute atomic E-state index is 14.0. The van der Waals surface area contributed by atoms with Gasteiger partial charge in [0.2, 0.25) is 6.73 Å². The standard InChI is InChI=1S/C22H24FN7O5/c1-14-6-7-17(16(23)9-14)27-21(32)18-10-26-30(28-18)13-35-22(33)29(3)20-15(5-4-8-25-20)12-34-19(31)11-24-2/h4-10,24H,11-13H2,1-3H3,(H,27,32). The molecule has 12 nitrogen and oxygen atoms in total. The van der Waals surface area contributed by atoms with Crippen molar-refractivity contribution in [3.63, 3.8) is 0 Å². The first-order chi connectivity index (χ1) is 16.8. The molecule has 2 N–H and O–H groups in total. The highest BCUT2D eigenvalue weighted by atomic mass is 19.1. The van der Waals surface area contributed by atoms with Gasteiger partial charge in [-0.2, -0.15) is 5.10 Å². The minimum absolute atomic E-state index is 0.00556. The van der Waals surface area contributed by atoms with Crippen molar-refractivity contribution >= 4 is 29.5 Å². The van der Waals surface area contributed by atoms with Crippen LogP contribution in [0.5, 0.6) is 0 Å². The zero-order chi connectivity index (χ0) is 25.4. The van der Waals surface area contributed by atoms with Gasteiger partial charge in [-0.3, -0.25) is 14.5 Å². The van der Waals surface area contributed by atoms with Crippen LogP contribution in [0.2, 0.25) is 0 Å². The van der Waals surface area contributed by atoms with Gasteiger partial charge < -0.3 is 20.1 Å². The number of hydrogen-bond donors (Lipinski definition) is 2. The molecule has 0 spiro atoms. The first-order valence-corrected chi connectivity index (χ1v) is 10.4. The molecule has 0 fully saturated rings. The second-order valence-corrected chi connectivity index (χ2v) is 7.32. The van der Waals surface area contributed by atoms with Gasteiger partial charge in [-0.05, 0) is 37.7 Å². The summed E-state index contributed by atoms with van der Waals surface area (Å²) in [6.07, 6.45) is 1.86. The summed E-state index contributed by atoms with van der Waals surface area (Å²) in [7, 11) is 3.06. The van der Waals surface area contributed by atoms with E-state index in [0.717, 1.165) is 15.9 Å². The normalized spacial score (nSPS) is 10.5. The van der Waals surface area contributed by atoms with Gasteiger partial charge in [0.1, 0.15) is 18.2 Å². The van der Waals surface area contributed by atoms with E-state index in [1.165, 1.54) is 25.4 Å². The van der Waals surface area contributed by atoms with Crippen LogP contribution in [0.25, 0.3) is 0 Å². The zero-order valence-corrected chi connectivity index (χ0v) is 19.3. The molecular formula is C22H24FN7O5.